The number of nitrogen functional groups attached to an aromatic ring is 1. The predicted octanol–water partition coefficient (Wildman–Crippen LogP) is 4.35. The number of nitrogens with two attached hydrogens (primary N) is 1. The summed E-state index contributed by atoms with van der Waals surface area (Å²) in [6.07, 6.45) is 3.43. The molecule has 0 unspecified atom stereocenters. The van der Waals surface area contributed by atoms with Gasteiger partial charge in [0.1, 0.15) is 5.82 Å². The maximum absolute atomic E-state index is 13.4. The van der Waals surface area contributed by atoms with E-state index in [0.29, 0.717) is 17.1 Å². The minimum absolute atomic E-state index is 0.0908. The van der Waals surface area contributed by atoms with Crippen molar-refractivity contribution in [3.05, 3.63) is 59.6 Å². The van der Waals surface area contributed by atoms with Gasteiger partial charge in [-0.25, -0.2) is 4.39 Å². The Morgan fingerprint density at radius 1 is 1.15 bits per heavy atom. The number of halogens is 2. The van der Waals surface area contributed by atoms with E-state index in [-0.39, 0.29) is 5.02 Å². The molecule has 0 spiro atoms. The first kappa shape index (κ1) is 12.7. The lowest BCUT2D eigenvalue weighted by Gasteiger charge is -2.12. The highest BCUT2D eigenvalue weighted by atomic mass is 35.5. The van der Waals surface area contributed by atoms with Gasteiger partial charge in [-0.3, -0.25) is 4.98 Å². The normalized spacial score (nSPS) is 10.7. The molecule has 1 aromatic heterocycles. The molecular formula is C15H11ClFN3. The fourth-order valence-electron chi connectivity index (χ4n) is 2.03. The monoisotopic (exact) mass is 287 g/mol. The van der Waals surface area contributed by atoms with Crippen LogP contribution >= 0.6 is 11.6 Å². The van der Waals surface area contributed by atoms with Crippen molar-refractivity contribution in [3.63, 3.8) is 0 Å². The molecule has 0 amide bonds. The second-order valence-corrected chi connectivity index (χ2v) is 4.78. The molecule has 1 heterocycles. The predicted molar refractivity (Wildman–Crippen MR) is 80.8 cm³/mol. The van der Waals surface area contributed by atoms with Crippen molar-refractivity contribution in [2.24, 2.45) is 0 Å². The van der Waals surface area contributed by atoms with Gasteiger partial charge in [-0.05, 0) is 30.3 Å². The minimum Gasteiger partial charge on any atom is -0.397 e. The smallest absolute Gasteiger partial charge is 0.143 e. The van der Waals surface area contributed by atoms with Gasteiger partial charge in [0.25, 0.3) is 0 Å². The lowest BCUT2D eigenvalue weighted by atomic mass is 10.1. The Kier molecular flexibility index (Phi) is 3.16. The van der Waals surface area contributed by atoms with Crippen LogP contribution in [0.15, 0.2) is 48.8 Å². The number of nitrogens with one attached hydrogen (secondary N) is 1. The molecule has 0 saturated carbocycles. The first-order chi connectivity index (χ1) is 9.65. The van der Waals surface area contributed by atoms with Crippen molar-refractivity contribution in [1.82, 2.24) is 4.98 Å². The summed E-state index contributed by atoms with van der Waals surface area (Å²) < 4.78 is 13.4. The zero-order valence-electron chi connectivity index (χ0n) is 10.4. The Bertz CT molecular complexity index is 789. The van der Waals surface area contributed by atoms with E-state index in [0.717, 1.165) is 10.8 Å². The quantitative estimate of drug-likeness (QED) is 0.689. The van der Waals surface area contributed by atoms with E-state index < -0.39 is 5.82 Å². The van der Waals surface area contributed by atoms with Crippen molar-refractivity contribution >= 4 is 39.4 Å². The van der Waals surface area contributed by atoms with Crippen molar-refractivity contribution in [2.45, 2.75) is 0 Å². The Morgan fingerprint density at radius 2 is 2.00 bits per heavy atom. The summed E-state index contributed by atoms with van der Waals surface area (Å²) in [5, 5.41) is 5.04. The largest absolute Gasteiger partial charge is 0.397 e. The lowest BCUT2D eigenvalue weighted by Crippen LogP contribution is -1.97. The molecule has 0 aliphatic carbocycles. The minimum atomic E-state index is -0.472. The number of hydrogen-bond donors (Lipinski definition) is 2. The highest BCUT2D eigenvalue weighted by molar-refractivity contribution is 6.30. The second-order valence-electron chi connectivity index (χ2n) is 4.38. The molecule has 0 radical (unpaired) electrons. The standard InChI is InChI=1S/C15H11ClFN3/c16-12-3-2-10(7-13(12)17)20-14-4-1-9-8-19-6-5-11(9)15(14)18/h1-8,20H,18H2. The number of anilines is 3. The van der Waals surface area contributed by atoms with Gasteiger partial charge < -0.3 is 11.1 Å². The number of benzene rings is 2. The van der Waals surface area contributed by atoms with Crippen LogP contribution in [0.1, 0.15) is 0 Å². The Hall–Kier alpha value is -2.33. The average molecular weight is 288 g/mol. The van der Waals surface area contributed by atoms with Gasteiger partial charge in [-0.15, -0.1) is 0 Å². The van der Waals surface area contributed by atoms with Crippen LogP contribution < -0.4 is 11.1 Å². The van der Waals surface area contributed by atoms with Crippen LogP contribution in [-0.4, -0.2) is 4.98 Å². The summed E-state index contributed by atoms with van der Waals surface area (Å²) in [4.78, 5) is 4.05. The average Bonchev–Trinajstić information content (AvgIpc) is 2.46. The third-order valence-electron chi connectivity index (χ3n) is 3.06. The first-order valence-electron chi connectivity index (χ1n) is 5.99. The maximum atomic E-state index is 13.4. The van der Waals surface area contributed by atoms with Crippen molar-refractivity contribution in [3.8, 4) is 0 Å². The van der Waals surface area contributed by atoms with Crippen LogP contribution in [0, 0.1) is 5.82 Å². The van der Waals surface area contributed by atoms with E-state index in [2.05, 4.69) is 10.3 Å². The van der Waals surface area contributed by atoms with E-state index in [1.165, 1.54) is 12.1 Å². The zero-order chi connectivity index (χ0) is 14.1. The van der Waals surface area contributed by atoms with Crippen molar-refractivity contribution in [2.75, 3.05) is 11.1 Å². The summed E-state index contributed by atoms with van der Waals surface area (Å²) in [5.74, 6) is -0.472. The van der Waals surface area contributed by atoms with Gasteiger partial charge in [-0.2, -0.15) is 0 Å². The van der Waals surface area contributed by atoms with Crippen LogP contribution in [0.2, 0.25) is 5.02 Å². The molecule has 0 bridgehead atoms. The molecule has 0 saturated heterocycles. The molecule has 0 aliphatic rings. The third kappa shape index (κ3) is 2.26. The summed E-state index contributed by atoms with van der Waals surface area (Å²) in [5.41, 5.74) is 8.03. The van der Waals surface area contributed by atoms with Gasteiger partial charge in [0.15, 0.2) is 0 Å². The molecule has 3 nitrogen and oxygen atoms in total. The maximum Gasteiger partial charge on any atom is 0.143 e. The van der Waals surface area contributed by atoms with Gasteiger partial charge in [0, 0.05) is 28.9 Å². The molecule has 3 N–H and O–H groups in total. The Morgan fingerprint density at radius 3 is 2.80 bits per heavy atom. The topological polar surface area (TPSA) is 50.9 Å². The van der Waals surface area contributed by atoms with Crippen LogP contribution in [-0.2, 0) is 0 Å². The second kappa shape index (κ2) is 4.98. The van der Waals surface area contributed by atoms with E-state index in [1.807, 2.05) is 18.2 Å². The van der Waals surface area contributed by atoms with E-state index in [9.17, 15) is 4.39 Å². The number of hydrogen-bond acceptors (Lipinski definition) is 3. The van der Waals surface area contributed by atoms with Crippen LogP contribution in [0.5, 0.6) is 0 Å². The van der Waals surface area contributed by atoms with Crippen molar-refractivity contribution < 1.29 is 4.39 Å². The fourth-order valence-corrected chi connectivity index (χ4v) is 2.15. The molecule has 5 heteroatoms. The van der Waals surface area contributed by atoms with Crippen molar-refractivity contribution in [1.29, 1.82) is 0 Å². The number of pyridine rings is 1. The lowest BCUT2D eigenvalue weighted by molar-refractivity contribution is 0.629. The Balaban J connectivity index is 2.02. The van der Waals surface area contributed by atoms with Gasteiger partial charge >= 0.3 is 0 Å². The SMILES string of the molecule is Nc1c(Nc2ccc(Cl)c(F)c2)ccc2cnccc12. The molecule has 100 valence electrons. The molecule has 0 fully saturated rings. The van der Waals surface area contributed by atoms with Gasteiger partial charge in [0.05, 0.1) is 16.4 Å². The first-order valence-corrected chi connectivity index (χ1v) is 6.37. The molecule has 0 aliphatic heterocycles. The number of rotatable bonds is 2. The zero-order valence-corrected chi connectivity index (χ0v) is 11.2. The molecule has 3 rings (SSSR count). The number of nitrogens with zero attached hydrogens (tertiary/aromatic N) is 1. The van der Waals surface area contributed by atoms with E-state index in [1.54, 1.807) is 18.5 Å². The highest BCUT2D eigenvalue weighted by Crippen LogP contribution is 2.31. The molecule has 0 atom stereocenters. The van der Waals surface area contributed by atoms with Crippen LogP contribution in [0.25, 0.3) is 10.8 Å². The van der Waals surface area contributed by atoms with Gasteiger partial charge in [-0.1, -0.05) is 17.7 Å². The summed E-state index contributed by atoms with van der Waals surface area (Å²) in [6.45, 7) is 0. The molecule has 20 heavy (non-hydrogen) atoms. The van der Waals surface area contributed by atoms with Crippen LogP contribution in [0.4, 0.5) is 21.5 Å². The van der Waals surface area contributed by atoms with E-state index in [4.69, 9.17) is 17.3 Å². The summed E-state index contributed by atoms with van der Waals surface area (Å²) in [7, 11) is 0. The third-order valence-corrected chi connectivity index (χ3v) is 3.37. The number of fused-ring (bicyclic) bond motifs is 1. The molecular weight excluding hydrogens is 277 g/mol. The van der Waals surface area contributed by atoms with Crippen LogP contribution in [0.3, 0.4) is 0 Å². The molecule has 2 aromatic carbocycles. The highest BCUT2D eigenvalue weighted by Gasteiger charge is 2.06. The van der Waals surface area contributed by atoms with Gasteiger partial charge in [0.2, 0.25) is 0 Å². The summed E-state index contributed by atoms with van der Waals surface area (Å²) in [6, 6.07) is 10.1. The molecule has 3 aromatic rings. The summed E-state index contributed by atoms with van der Waals surface area (Å²) >= 11 is 5.66. The fraction of sp³-hybridized carbons (Fsp3) is 0. The Labute approximate surface area is 120 Å². The number of aromatic nitrogens is 1. The van der Waals surface area contributed by atoms with E-state index >= 15 is 0 Å².